The Kier molecular flexibility index (Phi) is 4.66. The summed E-state index contributed by atoms with van der Waals surface area (Å²) in [6.07, 6.45) is 3.02. The highest BCUT2D eigenvalue weighted by atomic mass is 35.5. The van der Waals surface area contributed by atoms with Crippen LogP contribution in [-0.4, -0.2) is 19.9 Å². The van der Waals surface area contributed by atoms with Gasteiger partial charge in [-0.25, -0.2) is 15.0 Å². The molecule has 0 saturated heterocycles. The molecule has 3 aromatic rings. The Bertz CT molecular complexity index is 840. The molecule has 3 N–H and O–H groups in total. The molecule has 116 valence electrons. The van der Waals surface area contributed by atoms with Gasteiger partial charge < -0.3 is 11.1 Å². The fourth-order valence-corrected chi connectivity index (χ4v) is 2.39. The minimum absolute atomic E-state index is 0.376. The van der Waals surface area contributed by atoms with Crippen molar-refractivity contribution in [2.24, 2.45) is 5.73 Å². The summed E-state index contributed by atoms with van der Waals surface area (Å²) < 4.78 is 0. The van der Waals surface area contributed by atoms with E-state index in [1.54, 1.807) is 24.4 Å². The first-order valence-electron chi connectivity index (χ1n) is 6.72. The van der Waals surface area contributed by atoms with Crippen molar-refractivity contribution in [1.82, 2.24) is 19.9 Å². The highest BCUT2D eigenvalue weighted by molar-refractivity contribution is 6.31. The second-order valence-electron chi connectivity index (χ2n) is 4.64. The number of nitrogens with one attached hydrogen (secondary N) is 1. The van der Waals surface area contributed by atoms with Crippen molar-refractivity contribution < 1.29 is 0 Å². The summed E-state index contributed by atoms with van der Waals surface area (Å²) >= 11 is 12.0. The van der Waals surface area contributed by atoms with E-state index in [1.165, 1.54) is 6.33 Å². The molecule has 0 aliphatic carbocycles. The molecule has 1 aromatic carbocycles. The molecule has 0 fully saturated rings. The van der Waals surface area contributed by atoms with Gasteiger partial charge in [-0.1, -0.05) is 29.3 Å². The number of hydrogen-bond donors (Lipinski definition) is 2. The summed E-state index contributed by atoms with van der Waals surface area (Å²) in [5, 5.41) is 4.05. The Hall–Kier alpha value is -2.28. The molecule has 0 spiro atoms. The number of pyridine rings is 1. The first-order valence-corrected chi connectivity index (χ1v) is 7.48. The fraction of sp³-hybridized carbons (Fsp3) is 0.0667. The molecule has 0 aliphatic heterocycles. The maximum Gasteiger partial charge on any atom is 0.230 e. The molecule has 0 bridgehead atoms. The Labute approximate surface area is 142 Å². The van der Waals surface area contributed by atoms with Crippen LogP contribution in [0.25, 0.3) is 11.4 Å². The Morgan fingerprint density at radius 1 is 1.04 bits per heavy atom. The normalized spacial score (nSPS) is 10.6. The van der Waals surface area contributed by atoms with Crippen LogP contribution < -0.4 is 11.1 Å². The van der Waals surface area contributed by atoms with Crippen LogP contribution >= 0.6 is 23.2 Å². The largest absolute Gasteiger partial charge is 0.326 e. The second-order valence-corrected chi connectivity index (χ2v) is 5.43. The number of hydrogen-bond acceptors (Lipinski definition) is 6. The average Bonchev–Trinajstić information content (AvgIpc) is 2.55. The second kappa shape index (κ2) is 6.87. The zero-order valence-corrected chi connectivity index (χ0v) is 13.4. The molecule has 8 heteroatoms. The quantitative estimate of drug-likeness (QED) is 0.703. The molecule has 0 atom stereocenters. The van der Waals surface area contributed by atoms with Gasteiger partial charge in [-0.2, -0.15) is 4.98 Å². The van der Waals surface area contributed by atoms with E-state index >= 15 is 0 Å². The van der Waals surface area contributed by atoms with Gasteiger partial charge in [-0.05, 0) is 29.8 Å². The Morgan fingerprint density at radius 2 is 1.91 bits per heavy atom. The number of anilines is 2. The maximum atomic E-state index is 6.15. The predicted molar refractivity (Wildman–Crippen MR) is 90.7 cm³/mol. The molecular weight excluding hydrogens is 335 g/mol. The highest BCUT2D eigenvalue weighted by Gasteiger charge is 2.06. The van der Waals surface area contributed by atoms with Crippen molar-refractivity contribution in [1.29, 1.82) is 0 Å². The SMILES string of the molecule is NCc1ccc(Nc2ncnc(-c3ccnc(Cl)c3)n2)cc1Cl. The first kappa shape index (κ1) is 15.6. The highest BCUT2D eigenvalue weighted by Crippen LogP contribution is 2.23. The summed E-state index contributed by atoms with van der Waals surface area (Å²) in [5.74, 6) is 0.899. The molecule has 2 heterocycles. The zero-order chi connectivity index (χ0) is 16.2. The molecule has 0 aliphatic rings. The van der Waals surface area contributed by atoms with Crippen molar-refractivity contribution in [2.45, 2.75) is 6.54 Å². The van der Waals surface area contributed by atoms with E-state index in [1.807, 2.05) is 12.1 Å². The number of halogens is 2. The van der Waals surface area contributed by atoms with E-state index in [0.717, 1.165) is 16.8 Å². The summed E-state index contributed by atoms with van der Waals surface area (Å²) in [6.45, 7) is 0.387. The molecule has 0 radical (unpaired) electrons. The van der Waals surface area contributed by atoms with Gasteiger partial charge in [0.15, 0.2) is 5.82 Å². The Morgan fingerprint density at radius 3 is 2.65 bits per heavy atom. The predicted octanol–water partition coefficient (Wildman–Crippen LogP) is 3.44. The van der Waals surface area contributed by atoms with E-state index in [2.05, 4.69) is 25.3 Å². The van der Waals surface area contributed by atoms with E-state index in [4.69, 9.17) is 28.9 Å². The van der Waals surface area contributed by atoms with Gasteiger partial charge in [0.2, 0.25) is 5.95 Å². The molecule has 6 nitrogen and oxygen atoms in total. The van der Waals surface area contributed by atoms with Crippen LogP contribution in [0, 0.1) is 0 Å². The third-order valence-electron chi connectivity index (χ3n) is 3.09. The van der Waals surface area contributed by atoms with Gasteiger partial charge in [-0.3, -0.25) is 0 Å². The van der Waals surface area contributed by atoms with Crippen molar-refractivity contribution >= 4 is 34.8 Å². The first-order chi connectivity index (χ1) is 11.2. The molecule has 0 unspecified atom stereocenters. The number of nitrogens with two attached hydrogens (primary N) is 1. The van der Waals surface area contributed by atoms with Crippen LogP contribution in [0.5, 0.6) is 0 Å². The summed E-state index contributed by atoms with van der Waals surface area (Å²) in [4.78, 5) is 16.6. The zero-order valence-electron chi connectivity index (χ0n) is 11.9. The lowest BCUT2D eigenvalue weighted by atomic mass is 10.2. The van der Waals surface area contributed by atoms with Crippen LogP contribution in [0.4, 0.5) is 11.6 Å². The van der Waals surface area contributed by atoms with Gasteiger partial charge in [0.25, 0.3) is 0 Å². The third-order valence-corrected chi connectivity index (χ3v) is 3.64. The summed E-state index contributed by atoms with van der Waals surface area (Å²) in [5.41, 5.74) is 7.99. The number of rotatable bonds is 4. The van der Waals surface area contributed by atoms with Gasteiger partial charge in [0.1, 0.15) is 11.5 Å². The Balaban J connectivity index is 1.87. The van der Waals surface area contributed by atoms with E-state index in [-0.39, 0.29) is 0 Å². The average molecular weight is 347 g/mol. The standard InChI is InChI=1S/C15H12Cl2N6/c16-12-6-11(2-1-10(12)7-18)22-15-21-8-20-14(23-15)9-3-4-19-13(17)5-9/h1-6,8H,7,18H2,(H,20,21,22,23). The summed E-state index contributed by atoms with van der Waals surface area (Å²) in [7, 11) is 0. The number of aromatic nitrogens is 4. The van der Waals surface area contributed by atoms with Crippen LogP contribution in [0.15, 0.2) is 42.9 Å². The molecule has 0 amide bonds. The fourth-order valence-electron chi connectivity index (χ4n) is 1.96. The number of nitrogens with zero attached hydrogens (tertiary/aromatic N) is 4. The lowest BCUT2D eigenvalue weighted by Crippen LogP contribution is -2.01. The van der Waals surface area contributed by atoms with E-state index < -0.39 is 0 Å². The van der Waals surface area contributed by atoms with E-state index in [0.29, 0.717) is 28.5 Å². The number of benzene rings is 1. The summed E-state index contributed by atoms with van der Waals surface area (Å²) in [6, 6.07) is 8.96. The molecular formula is C15H12Cl2N6. The van der Waals surface area contributed by atoms with Crippen LogP contribution in [-0.2, 0) is 6.54 Å². The smallest absolute Gasteiger partial charge is 0.230 e. The van der Waals surface area contributed by atoms with Crippen molar-refractivity contribution in [3.05, 3.63) is 58.6 Å². The molecule has 23 heavy (non-hydrogen) atoms. The van der Waals surface area contributed by atoms with Crippen LogP contribution in [0.2, 0.25) is 10.2 Å². The van der Waals surface area contributed by atoms with Gasteiger partial charge in [0, 0.05) is 29.0 Å². The molecule has 3 rings (SSSR count). The van der Waals surface area contributed by atoms with Crippen molar-refractivity contribution in [3.63, 3.8) is 0 Å². The molecule has 2 aromatic heterocycles. The monoisotopic (exact) mass is 346 g/mol. The van der Waals surface area contributed by atoms with Crippen LogP contribution in [0.1, 0.15) is 5.56 Å². The van der Waals surface area contributed by atoms with Gasteiger partial charge >= 0.3 is 0 Å². The van der Waals surface area contributed by atoms with Gasteiger partial charge in [0.05, 0.1) is 0 Å². The van der Waals surface area contributed by atoms with Crippen molar-refractivity contribution in [2.75, 3.05) is 5.32 Å². The topological polar surface area (TPSA) is 89.6 Å². The van der Waals surface area contributed by atoms with Crippen LogP contribution in [0.3, 0.4) is 0 Å². The minimum Gasteiger partial charge on any atom is -0.326 e. The van der Waals surface area contributed by atoms with Crippen molar-refractivity contribution in [3.8, 4) is 11.4 Å². The molecule has 0 saturated carbocycles. The lowest BCUT2D eigenvalue weighted by Gasteiger charge is -2.08. The minimum atomic E-state index is 0.376. The lowest BCUT2D eigenvalue weighted by molar-refractivity contribution is 1.06. The van der Waals surface area contributed by atoms with Gasteiger partial charge in [-0.15, -0.1) is 0 Å². The van der Waals surface area contributed by atoms with E-state index in [9.17, 15) is 0 Å². The third kappa shape index (κ3) is 3.73. The maximum absolute atomic E-state index is 6.15.